The van der Waals surface area contributed by atoms with Crippen LogP contribution in [0.15, 0.2) is 12.2 Å². The van der Waals surface area contributed by atoms with Crippen molar-refractivity contribution in [2.24, 2.45) is 0 Å². The van der Waals surface area contributed by atoms with Crippen molar-refractivity contribution in [3.05, 3.63) is 19.1 Å². The molecule has 0 fully saturated rings. The molecule has 0 nitrogen and oxygen atoms in total. The molecule has 0 saturated carbocycles. The Labute approximate surface area is 33.5 Å². The molecule has 0 aromatic heterocycles. The lowest BCUT2D eigenvalue weighted by Crippen LogP contribution is -1.59. The third-order valence-corrected chi connectivity index (χ3v) is 0.348. The zero-order chi connectivity index (χ0) is 4.28. The molecule has 0 atom stereocenters. The van der Waals surface area contributed by atoms with E-state index in [9.17, 15) is 0 Å². The zero-order valence-electron chi connectivity index (χ0n) is 3.49. The molecule has 0 N–H and O–H groups in total. The van der Waals surface area contributed by atoms with E-state index in [4.69, 9.17) is 6.92 Å². The molecule has 0 aliphatic carbocycles. The Hall–Kier alpha value is -0.260. The van der Waals surface area contributed by atoms with Crippen LogP contribution in [0.5, 0.6) is 0 Å². The van der Waals surface area contributed by atoms with E-state index >= 15 is 0 Å². The fraction of sp³-hybridized carbons (Fsp3) is 0.400. The molecular weight excluding hydrogens is 60.1 g/mol. The lowest BCUT2D eigenvalue weighted by atomic mass is 10.3. The summed E-state index contributed by atoms with van der Waals surface area (Å²) in [5.74, 6) is 0. The molecule has 0 rings (SSSR count). The Morgan fingerprint density at radius 2 is 2.20 bits per heavy atom. The highest BCUT2D eigenvalue weighted by molar-refractivity contribution is 4.87. The fourth-order valence-corrected chi connectivity index (χ4v) is 0. The van der Waals surface area contributed by atoms with Gasteiger partial charge in [-0.2, -0.15) is 0 Å². The van der Waals surface area contributed by atoms with Crippen LogP contribution in [-0.2, 0) is 0 Å². The molecule has 0 aliphatic rings. The van der Waals surface area contributed by atoms with Crippen molar-refractivity contribution in [3.63, 3.8) is 0 Å². The van der Waals surface area contributed by atoms with E-state index < -0.39 is 0 Å². The van der Waals surface area contributed by atoms with Crippen molar-refractivity contribution in [2.75, 3.05) is 0 Å². The highest BCUT2D eigenvalue weighted by Gasteiger charge is 1.68. The summed E-state index contributed by atoms with van der Waals surface area (Å²) in [5.41, 5.74) is 1.03. The van der Waals surface area contributed by atoms with Crippen molar-refractivity contribution < 1.29 is 0 Å². The number of hydrogen-bond donors (Lipinski definition) is 0. The SMILES string of the molecule is [CH]CC(=C)C. The van der Waals surface area contributed by atoms with Gasteiger partial charge in [0.25, 0.3) is 0 Å². The fourth-order valence-electron chi connectivity index (χ4n) is 0. The zero-order valence-corrected chi connectivity index (χ0v) is 3.49. The average molecular weight is 68.1 g/mol. The largest absolute Gasteiger partial charge is 0.100 e. The first-order chi connectivity index (χ1) is 2.27. The smallest absolute Gasteiger partial charge is 0.0292 e. The van der Waals surface area contributed by atoms with E-state index in [0.29, 0.717) is 6.42 Å². The second-order valence-corrected chi connectivity index (χ2v) is 1.16. The first-order valence-corrected chi connectivity index (χ1v) is 1.62. The van der Waals surface area contributed by atoms with Gasteiger partial charge in [-0.25, -0.2) is 0 Å². The minimum Gasteiger partial charge on any atom is -0.100 e. The molecule has 28 valence electrons. The number of hydrogen-bond acceptors (Lipinski definition) is 0. The Kier molecular flexibility index (Phi) is 1.90. The molecule has 2 radical (unpaired) electrons. The predicted molar refractivity (Wildman–Crippen MR) is 23.7 cm³/mol. The Morgan fingerprint density at radius 3 is 2.20 bits per heavy atom. The van der Waals surface area contributed by atoms with Gasteiger partial charge in [-0.05, 0) is 20.3 Å². The molecule has 0 heteroatoms. The Morgan fingerprint density at radius 1 is 2.00 bits per heavy atom. The highest BCUT2D eigenvalue weighted by Crippen LogP contribution is 1.88. The number of rotatable bonds is 1. The summed E-state index contributed by atoms with van der Waals surface area (Å²) in [6.45, 7) is 10.5. The van der Waals surface area contributed by atoms with Crippen LogP contribution in [0.3, 0.4) is 0 Å². The van der Waals surface area contributed by atoms with Gasteiger partial charge in [0.1, 0.15) is 0 Å². The molecule has 0 aromatic carbocycles. The minimum absolute atomic E-state index is 0.611. The summed E-state index contributed by atoms with van der Waals surface area (Å²) in [5, 5.41) is 0. The van der Waals surface area contributed by atoms with Gasteiger partial charge in [0, 0.05) is 0 Å². The lowest BCUT2D eigenvalue weighted by Gasteiger charge is -1.79. The van der Waals surface area contributed by atoms with Crippen LogP contribution >= 0.6 is 0 Å². The van der Waals surface area contributed by atoms with Gasteiger partial charge in [-0.3, -0.25) is 0 Å². The second-order valence-electron chi connectivity index (χ2n) is 1.16. The van der Waals surface area contributed by atoms with E-state index in [-0.39, 0.29) is 0 Å². The summed E-state index contributed by atoms with van der Waals surface area (Å²) in [6.07, 6.45) is 0.611. The van der Waals surface area contributed by atoms with Gasteiger partial charge < -0.3 is 0 Å². The van der Waals surface area contributed by atoms with Crippen LogP contribution in [0.25, 0.3) is 0 Å². The van der Waals surface area contributed by atoms with Crippen molar-refractivity contribution in [1.82, 2.24) is 0 Å². The van der Waals surface area contributed by atoms with Crippen LogP contribution < -0.4 is 0 Å². The van der Waals surface area contributed by atoms with E-state index in [0.717, 1.165) is 5.57 Å². The van der Waals surface area contributed by atoms with Crippen LogP contribution in [0.1, 0.15) is 13.3 Å². The number of allylic oxidation sites excluding steroid dienone is 1. The summed E-state index contributed by atoms with van der Waals surface area (Å²) in [4.78, 5) is 0. The predicted octanol–water partition coefficient (Wildman–Crippen LogP) is 1.66. The second kappa shape index (κ2) is 2.01. The summed E-state index contributed by atoms with van der Waals surface area (Å²) < 4.78 is 0. The molecule has 0 aromatic rings. The van der Waals surface area contributed by atoms with E-state index in [1.165, 1.54) is 0 Å². The van der Waals surface area contributed by atoms with E-state index in [2.05, 4.69) is 6.58 Å². The molecule has 0 bridgehead atoms. The molecule has 0 unspecified atom stereocenters. The molecular formula is C5H8. The normalized spacial score (nSPS) is 7.60. The van der Waals surface area contributed by atoms with Gasteiger partial charge in [0.05, 0.1) is 0 Å². The van der Waals surface area contributed by atoms with Gasteiger partial charge in [-0.15, -0.1) is 6.58 Å². The summed E-state index contributed by atoms with van der Waals surface area (Å²) in [6, 6.07) is 0. The monoisotopic (exact) mass is 68.1 g/mol. The molecule has 0 spiro atoms. The molecule has 5 heavy (non-hydrogen) atoms. The van der Waals surface area contributed by atoms with E-state index in [1.54, 1.807) is 0 Å². The van der Waals surface area contributed by atoms with Crippen LogP contribution in [-0.4, -0.2) is 0 Å². The van der Waals surface area contributed by atoms with Gasteiger partial charge in [0.2, 0.25) is 0 Å². The van der Waals surface area contributed by atoms with Crippen molar-refractivity contribution in [3.8, 4) is 0 Å². The average Bonchev–Trinajstić information content (AvgIpc) is 1.38. The van der Waals surface area contributed by atoms with Gasteiger partial charge in [0.15, 0.2) is 0 Å². The molecule has 0 amide bonds. The van der Waals surface area contributed by atoms with Crippen LogP contribution in [0, 0.1) is 6.92 Å². The Balaban J connectivity index is 2.85. The van der Waals surface area contributed by atoms with Crippen LogP contribution in [0.2, 0.25) is 0 Å². The minimum atomic E-state index is 0.611. The van der Waals surface area contributed by atoms with Crippen molar-refractivity contribution in [1.29, 1.82) is 0 Å². The third-order valence-electron chi connectivity index (χ3n) is 0.348. The van der Waals surface area contributed by atoms with Gasteiger partial charge in [-0.1, -0.05) is 5.57 Å². The first kappa shape index (κ1) is 4.74. The first-order valence-electron chi connectivity index (χ1n) is 1.62. The van der Waals surface area contributed by atoms with E-state index in [1.807, 2.05) is 6.92 Å². The third kappa shape index (κ3) is 3.74. The Bertz CT molecular complexity index is 35.3. The highest BCUT2D eigenvalue weighted by atomic mass is 13.7. The topological polar surface area (TPSA) is 0 Å². The summed E-state index contributed by atoms with van der Waals surface area (Å²) in [7, 11) is 0. The maximum absolute atomic E-state index is 5.07. The molecule has 0 aliphatic heterocycles. The maximum Gasteiger partial charge on any atom is -0.0292 e. The van der Waals surface area contributed by atoms with Gasteiger partial charge >= 0.3 is 0 Å². The quantitative estimate of drug-likeness (QED) is 0.410. The van der Waals surface area contributed by atoms with Crippen molar-refractivity contribution in [2.45, 2.75) is 13.3 Å². The van der Waals surface area contributed by atoms with Crippen molar-refractivity contribution >= 4 is 0 Å². The maximum atomic E-state index is 5.07. The molecule has 0 saturated heterocycles. The summed E-state index contributed by atoms with van der Waals surface area (Å²) >= 11 is 0. The van der Waals surface area contributed by atoms with Crippen LogP contribution in [0.4, 0.5) is 0 Å². The standard InChI is InChI=1S/C5H8/c1-4-5(2)3/h1H,2,4H2,3H3. The molecule has 0 heterocycles. The lowest BCUT2D eigenvalue weighted by molar-refractivity contribution is 1.23.